The molecule has 1 unspecified atom stereocenters. The highest BCUT2D eigenvalue weighted by Gasteiger charge is 2.23. The second-order valence-electron chi connectivity index (χ2n) is 4.69. The molecule has 1 heterocycles. The molecule has 0 aliphatic carbocycles. The van der Waals surface area contributed by atoms with Crippen molar-refractivity contribution < 1.29 is 14.6 Å². The van der Waals surface area contributed by atoms with E-state index in [4.69, 9.17) is 9.47 Å². The SMILES string of the molecule is COc1ccc(C2CCOc3cc(O)ccc32)cc1. The number of phenolic OH excluding ortho intramolecular Hbond substituents is 1. The molecule has 1 atom stereocenters. The van der Waals surface area contributed by atoms with Crippen molar-refractivity contribution in [2.24, 2.45) is 0 Å². The number of hydrogen-bond acceptors (Lipinski definition) is 3. The van der Waals surface area contributed by atoms with E-state index in [0.29, 0.717) is 12.5 Å². The highest BCUT2D eigenvalue weighted by Crippen LogP contribution is 2.39. The number of phenols is 1. The van der Waals surface area contributed by atoms with E-state index in [1.807, 2.05) is 18.2 Å². The van der Waals surface area contributed by atoms with Crippen LogP contribution in [0.15, 0.2) is 42.5 Å². The Bertz CT molecular complexity index is 575. The molecule has 1 aliphatic rings. The van der Waals surface area contributed by atoms with E-state index in [0.717, 1.165) is 23.5 Å². The zero-order chi connectivity index (χ0) is 13.2. The topological polar surface area (TPSA) is 38.7 Å². The summed E-state index contributed by atoms with van der Waals surface area (Å²) in [5.74, 6) is 2.21. The van der Waals surface area contributed by atoms with Crippen LogP contribution in [0, 0.1) is 0 Å². The van der Waals surface area contributed by atoms with Crippen molar-refractivity contribution in [2.45, 2.75) is 12.3 Å². The van der Waals surface area contributed by atoms with Crippen LogP contribution in [0.1, 0.15) is 23.5 Å². The zero-order valence-corrected chi connectivity index (χ0v) is 10.8. The Morgan fingerprint density at radius 1 is 1.16 bits per heavy atom. The molecular formula is C16H16O3. The Kier molecular flexibility index (Phi) is 3.03. The smallest absolute Gasteiger partial charge is 0.126 e. The first-order chi connectivity index (χ1) is 9.28. The Hall–Kier alpha value is -2.16. The van der Waals surface area contributed by atoms with Gasteiger partial charge in [0, 0.05) is 17.5 Å². The number of ether oxygens (including phenoxy) is 2. The van der Waals surface area contributed by atoms with Crippen LogP contribution < -0.4 is 9.47 Å². The minimum atomic E-state index is 0.245. The van der Waals surface area contributed by atoms with Crippen LogP contribution in [-0.2, 0) is 0 Å². The molecule has 1 N–H and O–H groups in total. The monoisotopic (exact) mass is 256 g/mol. The fourth-order valence-electron chi connectivity index (χ4n) is 2.56. The van der Waals surface area contributed by atoms with E-state index >= 15 is 0 Å². The maximum atomic E-state index is 9.52. The van der Waals surface area contributed by atoms with Gasteiger partial charge in [-0.15, -0.1) is 0 Å². The Morgan fingerprint density at radius 3 is 2.68 bits per heavy atom. The number of aromatic hydroxyl groups is 1. The van der Waals surface area contributed by atoms with Crippen molar-refractivity contribution >= 4 is 0 Å². The van der Waals surface area contributed by atoms with Crippen molar-refractivity contribution in [3.8, 4) is 17.2 Å². The summed E-state index contributed by atoms with van der Waals surface area (Å²) in [6, 6.07) is 13.5. The fraction of sp³-hybridized carbons (Fsp3) is 0.250. The van der Waals surface area contributed by atoms with Crippen molar-refractivity contribution in [3.63, 3.8) is 0 Å². The molecule has 0 amide bonds. The maximum Gasteiger partial charge on any atom is 0.126 e. The first kappa shape index (κ1) is 11.9. The van der Waals surface area contributed by atoms with Gasteiger partial charge in [-0.1, -0.05) is 18.2 Å². The lowest BCUT2D eigenvalue weighted by molar-refractivity contribution is 0.275. The minimum absolute atomic E-state index is 0.245. The summed E-state index contributed by atoms with van der Waals surface area (Å²) in [6.45, 7) is 0.674. The second kappa shape index (κ2) is 4.84. The third-order valence-electron chi connectivity index (χ3n) is 3.55. The lowest BCUT2D eigenvalue weighted by Gasteiger charge is -2.26. The predicted octanol–water partition coefficient (Wildman–Crippen LogP) is 3.32. The normalized spacial score (nSPS) is 17.4. The third-order valence-corrected chi connectivity index (χ3v) is 3.55. The quantitative estimate of drug-likeness (QED) is 0.895. The molecule has 1 aliphatic heterocycles. The molecule has 0 bridgehead atoms. The van der Waals surface area contributed by atoms with Gasteiger partial charge in [-0.05, 0) is 30.2 Å². The summed E-state index contributed by atoms with van der Waals surface area (Å²) < 4.78 is 10.8. The predicted molar refractivity (Wildman–Crippen MR) is 73.1 cm³/mol. The summed E-state index contributed by atoms with van der Waals surface area (Å²) in [4.78, 5) is 0. The molecule has 0 fully saturated rings. The van der Waals surface area contributed by atoms with Crippen molar-refractivity contribution in [1.29, 1.82) is 0 Å². The molecule has 2 aromatic carbocycles. The molecular weight excluding hydrogens is 240 g/mol. The van der Waals surface area contributed by atoms with Crippen molar-refractivity contribution in [2.75, 3.05) is 13.7 Å². The van der Waals surface area contributed by atoms with Gasteiger partial charge in [0.05, 0.1) is 13.7 Å². The fourth-order valence-corrected chi connectivity index (χ4v) is 2.56. The van der Waals surface area contributed by atoms with Crippen LogP contribution >= 0.6 is 0 Å². The van der Waals surface area contributed by atoms with Crippen LogP contribution in [0.2, 0.25) is 0 Å². The van der Waals surface area contributed by atoms with Crippen LogP contribution in [0.4, 0.5) is 0 Å². The largest absolute Gasteiger partial charge is 0.508 e. The van der Waals surface area contributed by atoms with E-state index in [1.165, 1.54) is 5.56 Å². The molecule has 0 aromatic heterocycles. The third kappa shape index (κ3) is 2.24. The van der Waals surface area contributed by atoms with Gasteiger partial charge in [-0.3, -0.25) is 0 Å². The van der Waals surface area contributed by atoms with Crippen LogP contribution in [0.3, 0.4) is 0 Å². The summed E-state index contributed by atoms with van der Waals surface area (Å²) in [5.41, 5.74) is 2.38. The molecule has 0 saturated carbocycles. The lowest BCUT2D eigenvalue weighted by atomic mass is 9.86. The summed E-state index contributed by atoms with van der Waals surface area (Å²) in [6.07, 6.45) is 0.949. The number of methoxy groups -OCH3 is 1. The van der Waals surface area contributed by atoms with Gasteiger partial charge >= 0.3 is 0 Å². The molecule has 0 spiro atoms. The Balaban J connectivity index is 1.98. The minimum Gasteiger partial charge on any atom is -0.508 e. The first-order valence-corrected chi connectivity index (χ1v) is 6.37. The molecule has 98 valence electrons. The maximum absolute atomic E-state index is 9.52. The average molecular weight is 256 g/mol. The van der Waals surface area contributed by atoms with E-state index in [1.54, 1.807) is 19.2 Å². The highest BCUT2D eigenvalue weighted by molar-refractivity contribution is 5.47. The Labute approximate surface area is 112 Å². The highest BCUT2D eigenvalue weighted by atomic mass is 16.5. The van der Waals surface area contributed by atoms with Gasteiger partial charge in [0.25, 0.3) is 0 Å². The zero-order valence-electron chi connectivity index (χ0n) is 10.8. The number of benzene rings is 2. The molecule has 0 saturated heterocycles. The van der Waals surface area contributed by atoms with Gasteiger partial charge < -0.3 is 14.6 Å². The molecule has 3 nitrogen and oxygen atoms in total. The number of hydrogen-bond donors (Lipinski definition) is 1. The number of rotatable bonds is 2. The molecule has 3 heteroatoms. The summed E-state index contributed by atoms with van der Waals surface area (Å²) in [5, 5.41) is 9.52. The molecule has 3 rings (SSSR count). The lowest BCUT2D eigenvalue weighted by Crippen LogP contribution is -2.15. The standard InChI is InChI=1S/C16H16O3/c1-18-13-5-2-11(3-6-13)14-8-9-19-16-10-12(17)4-7-15(14)16/h2-7,10,14,17H,8-9H2,1H3. The van der Waals surface area contributed by atoms with Gasteiger partial charge in [-0.25, -0.2) is 0 Å². The van der Waals surface area contributed by atoms with Crippen LogP contribution in [0.5, 0.6) is 17.2 Å². The van der Waals surface area contributed by atoms with E-state index in [-0.39, 0.29) is 5.75 Å². The van der Waals surface area contributed by atoms with Gasteiger partial charge in [0.2, 0.25) is 0 Å². The molecule has 19 heavy (non-hydrogen) atoms. The molecule has 0 radical (unpaired) electrons. The van der Waals surface area contributed by atoms with Gasteiger partial charge in [-0.2, -0.15) is 0 Å². The molecule has 2 aromatic rings. The van der Waals surface area contributed by atoms with E-state index < -0.39 is 0 Å². The van der Waals surface area contributed by atoms with Crippen LogP contribution in [0.25, 0.3) is 0 Å². The van der Waals surface area contributed by atoms with E-state index in [2.05, 4.69) is 12.1 Å². The Morgan fingerprint density at radius 2 is 1.95 bits per heavy atom. The van der Waals surface area contributed by atoms with Gasteiger partial charge in [0.1, 0.15) is 17.2 Å². The van der Waals surface area contributed by atoms with E-state index in [9.17, 15) is 5.11 Å². The summed E-state index contributed by atoms with van der Waals surface area (Å²) >= 11 is 0. The average Bonchev–Trinajstić information content (AvgIpc) is 2.46. The number of fused-ring (bicyclic) bond motifs is 1. The van der Waals surface area contributed by atoms with Crippen molar-refractivity contribution in [3.05, 3.63) is 53.6 Å². The second-order valence-corrected chi connectivity index (χ2v) is 4.69. The first-order valence-electron chi connectivity index (χ1n) is 6.37. The van der Waals surface area contributed by atoms with Crippen LogP contribution in [-0.4, -0.2) is 18.8 Å². The summed E-state index contributed by atoms with van der Waals surface area (Å²) in [7, 11) is 1.67. The van der Waals surface area contributed by atoms with Crippen molar-refractivity contribution in [1.82, 2.24) is 0 Å². The van der Waals surface area contributed by atoms with Gasteiger partial charge in [0.15, 0.2) is 0 Å².